The van der Waals surface area contributed by atoms with E-state index in [0.717, 1.165) is 0 Å². The van der Waals surface area contributed by atoms with Crippen molar-refractivity contribution in [1.82, 2.24) is 0 Å². The highest BCUT2D eigenvalue weighted by atomic mass is 35.5. The zero-order chi connectivity index (χ0) is 31.6. The van der Waals surface area contributed by atoms with Crippen LogP contribution in [0.25, 0.3) is 0 Å². The van der Waals surface area contributed by atoms with E-state index in [4.69, 9.17) is 124 Å². The molecule has 1 unspecified atom stereocenters. The van der Waals surface area contributed by atoms with Crippen LogP contribution in [0.1, 0.15) is 18.1 Å². The molecule has 0 spiro atoms. The number of hydrogen-bond acceptors (Lipinski definition) is 4. The Morgan fingerprint density at radius 2 is 0.976 bits per heavy atom. The molecule has 0 amide bonds. The summed E-state index contributed by atoms with van der Waals surface area (Å²) in [4.78, 5) is 31.4. The first kappa shape index (κ1) is 37.5. The van der Waals surface area contributed by atoms with Crippen LogP contribution < -0.4 is 4.74 Å². The van der Waals surface area contributed by atoms with E-state index in [1.807, 2.05) is 0 Å². The second kappa shape index (κ2) is 17.6. The SMILES string of the molecule is CC(Oc1cc(Cl)c(Cl)cc1Cl)C(=O)O.O=C(O)Cc1c(Cl)ccc(Cl)c1Cl.O=C(O)Cc1c(Cl)ccc(Cl)c1Cl. The molecule has 3 N–H and O–H groups in total. The smallest absolute Gasteiger partial charge is 0.344 e. The van der Waals surface area contributed by atoms with Gasteiger partial charge >= 0.3 is 17.9 Å². The summed E-state index contributed by atoms with van der Waals surface area (Å²) in [6.45, 7) is 1.39. The Morgan fingerprint density at radius 1 is 0.610 bits per heavy atom. The van der Waals surface area contributed by atoms with E-state index >= 15 is 0 Å². The highest BCUT2D eigenvalue weighted by Crippen LogP contribution is 2.35. The summed E-state index contributed by atoms with van der Waals surface area (Å²) < 4.78 is 5.07. The quantitative estimate of drug-likeness (QED) is 0.206. The largest absolute Gasteiger partial charge is 0.481 e. The Bertz CT molecular complexity index is 1360. The van der Waals surface area contributed by atoms with Crippen LogP contribution in [0.4, 0.5) is 0 Å². The van der Waals surface area contributed by atoms with Crippen molar-refractivity contribution in [3.05, 3.63) is 92.7 Å². The van der Waals surface area contributed by atoms with Crippen molar-refractivity contribution < 1.29 is 34.4 Å². The zero-order valence-electron chi connectivity index (χ0n) is 20.3. The highest BCUT2D eigenvalue weighted by Gasteiger charge is 2.16. The van der Waals surface area contributed by atoms with Crippen molar-refractivity contribution >= 4 is 122 Å². The maximum absolute atomic E-state index is 10.5. The van der Waals surface area contributed by atoms with Gasteiger partial charge in [-0.15, -0.1) is 0 Å². The standard InChI is InChI=1S/C9H7Cl3O3.2C8H5Cl3O2/c1-4(9(13)14)15-8-3-6(11)5(10)2-7(8)12;2*9-5-1-2-6(10)8(11)4(5)3-7(12)13/h2-4H,1H3,(H,13,14);2*1-2H,3H2,(H,12,13). The number of halogens is 9. The van der Waals surface area contributed by atoms with Gasteiger partial charge in [0.15, 0.2) is 6.10 Å². The van der Waals surface area contributed by atoms with Gasteiger partial charge in [0.25, 0.3) is 0 Å². The molecule has 0 fully saturated rings. The lowest BCUT2D eigenvalue weighted by molar-refractivity contribution is -0.144. The minimum absolute atomic E-state index is 0.195. The normalized spacial score (nSPS) is 10.9. The van der Waals surface area contributed by atoms with Crippen molar-refractivity contribution in [2.24, 2.45) is 0 Å². The van der Waals surface area contributed by atoms with Crippen LogP contribution in [0.5, 0.6) is 5.75 Å². The Balaban J connectivity index is 0.000000309. The molecule has 0 radical (unpaired) electrons. The molecule has 0 saturated heterocycles. The number of rotatable bonds is 7. The summed E-state index contributed by atoms with van der Waals surface area (Å²) >= 11 is 51.6. The van der Waals surface area contributed by atoms with Gasteiger partial charge in [0, 0.05) is 27.2 Å². The van der Waals surface area contributed by atoms with E-state index in [9.17, 15) is 14.4 Å². The van der Waals surface area contributed by atoms with Crippen molar-refractivity contribution in [2.45, 2.75) is 25.9 Å². The minimum Gasteiger partial charge on any atom is -0.481 e. The summed E-state index contributed by atoms with van der Waals surface area (Å²) in [7, 11) is 0. The van der Waals surface area contributed by atoms with Gasteiger partial charge in [0.05, 0.1) is 48.0 Å². The molecule has 0 aliphatic rings. The van der Waals surface area contributed by atoms with Crippen molar-refractivity contribution in [3.8, 4) is 5.75 Å². The Kier molecular flexibility index (Phi) is 16.1. The molecule has 3 aromatic carbocycles. The molecular weight excluding hydrogens is 731 g/mol. The van der Waals surface area contributed by atoms with Gasteiger partial charge in [-0.2, -0.15) is 0 Å². The lowest BCUT2D eigenvalue weighted by Crippen LogP contribution is -2.22. The third-order valence-corrected chi connectivity index (χ3v) is 7.97. The first-order valence-corrected chi connectivity index (χ1v) is 14.1. The fourth-order valence-corrected chi connectivity index (χ4v) is 4.54. The molecule has 0 bridgehead atoms. The number of hydrogen-bond donors (Lipinski definition) is 3. The highest BCUT2D eigenvalue weighted by molar-refractivity contribution is 6.45. The van der Waals surface area contributed by atoms with Crippen LogP contribution >= 0.6 is 104 Å². The molecule has 1 atom stereocenters. The second-order valence-electron chi connectivity index (χ2n) is 7.58. The molecule has 3 rings (SSSR count). The predicted molar refractivity (Wildman–Crippen MR) is 165 cm³/mol. The summed E-state index contributed by atoms with van der Waals surface area (Å²) in [5, 5.41) is 28.1. The van der Waals surface area contributed by atoms with Gasteiger partial charge in [-0.05, 0) is 37.3 Å². The van der Waals surface area contributed by atoms with Gasteiger partial charge < -0.3 is 20.1 Å². The average Bonchev–Trinajstić information content (AvgIpc) is 2.88. The molecule has 16 heteroatoms. The van der Waals surface area contributed by atoms with Gasteiger partial charge in [-0.25, -0.2) is 4.79 Å². The molecule has 0 aliphatic heterocycles. The fraction of sp³-hybridized carbons (Fsp3) is 0.160. The molecule has 0 aliphatic carbocycles. The van der Waals surface area contributed by atoms with Gasteiger partial charge in [0.1, 0.15) is 5.75 Å². The van der Waals surface area contributed by atoms with Gasteiger partial charge in [-0.3, -0.25) is 9.59 Å². The topological polar surface area (TPSA) is 121 Å². The van der Waals surface area contributed by atoms with E-state index in [1.54, 1.807) is 0 Å². The predicted octanol–water partition coefficient (Wildman–Crippen LogP) is 10.0. The van der Waals surface area contributed by atoms with Crippen molar-refractivity contribution in [3.63, 3.8) is 0 Å². The summed E-state index contributed by atoms with van der Waals surface area (Å²) in [5.74, 6) is -2.88. The van der Waals surface area contributed by atoms with E-state index < -0.39 is 24.0 Å². The number of carboxylic acid groups (broad SMARTS) is 3. The number of carbonyl (C=O) groups is 3. The van der Waals surface area contributed by atoms with E-state index in [1.165, 1.54) is 43.3 Å². The maximum Gasteiger partial charge on any atom is 0.344 e. The molecule has 222 valence electrons. The zero-order valence-corrected chi connectivity index (χ0v) is 27.1. The third kappa shape index (κ3) is 12.3. The minimum atomic E-state index is -1.09. The lowest BCUT2D eigenvalue weighted by atomic mass is 10.1. The average molecular weight is 748 g/mol. The van der Waals surface area contributed by atoms with Crippen molar-refractivity contribution in [1.29, 1.82) is 0 Å². The Labute approximate surface area is 279 Å². The van der Waals surface area contributed by atoms with Crippen LogP contribution in [-0.4, -0.2) is 39.3 Å². The maximum atomic E-state index is 10.5. The van der Waals surface area contributed by atoms with E-state index in [2.05, 4.69) is 0 Å². The molecule has 3 aromatic rings. The summed E-state index contributed by atoms with van der Waals surface area (Å²) in [6.07, 6.45) is -1.45. The Hall–Kier alpha value is -1.52. The number of aliphatic carboxylic acids is 3. The third-order valence-electron chi connectivity index (χ3n) is 4.56. The summed E-state index contributed by atoms with van der Waals surface area (Å²) in [6, 6.07) is 8.87. The van der Waals surface area contributed by atoms with E-state index in [-0.39, 0.29) is 43.7 Å². The monoisotopic (exact) mass is 744 g/mol. The van der Waals surface area contributed by atoms with Gasteiger partial charge in [-0.1, -0.05) is 104 Å². The molecule has 7 nitrogen and oxygen atoms in total. The molecule has 0 saturated carbocycles. The first-order valence-electron chi connectivity index (χ1n) is 10.7. The lowest BCUT2D eigenvalue weighted by Gasteiger charge is -2.12. The first-order chi connectivity index (χ1) is 19.0. The number of benzene rings is 3. The van der Waals surface area contributed by atoms with Crippen LogP contribution in [0.3, 0.4) is 0 Å². The molecule has 0 heterocycles. The molecule has 41 heavy (non-hydrogen) atoms. The fourth-order valence-electron chi connectivity index (χ4n) is 2.60. The molecule has 0 aromatic heterocycles. The van der Waals surface area contributed by atoms with Gasteiger partial charge in [0.2, 0.25) is 0 Å². The second-order valence-corrected chi connectivity index (χ2v) is 11.2. The number of ether oxygens (including phenoxy) is 1. The van der Waals surface area contributed by atoms with Crippen LogP contribution in [-0.2, 0) is 27.2 Å². The van der Waals surface area contributed by atoms with Crippen molar-refractivity contribution in [2.75, 3.05) is 0 Å². The van der Waals surface area contributed by atoms with Crippen LogP contribution in [0.2, 0.25) is 45.2 Å². The molecular formula is C25H17Cl9O7. The van der Waals surface area contributed by atoms with Crippen LogP contribution in [0.15, 0.2) is 36.4 Å². The Morgan fingerprint density at radius 3 is 1.34 bits per heavy atom. The van der Waals surface area contributed by atoms with E-state index in [0.29, 0.717) is 31.2 Å². The van der Waals surface area contributed by atoms with Crippen LogP contribution in [0, 0.1) is 0 Å². The summed E-state index contributed by atoms with van der Waals surface area (Å²) in [5.41, 5.74) is 0.701. The number of carboxylic acids is 3.